The fraction of sp³-hybridized carbons (Fsp3) is 0.333. The SMILES string of the molecule is Cn1ncc(Cl)c1-c1cc(NC(=O)Oc2ccc(Cl)s2)ccc1OCCN1CCOCC1. The number of benzene rings is 1. The zero-order valence-electron chi connectivity index (χ0n) is 17.3. The molecule has 2 aromatic heterocycles. The summed E-state index contributed by atoms with van der Waals surface area (Å²) in [4.78, 5) is 14.6. The van der Waals surface area contributed by atoms with E-state index in [1.54, 1.807) is 48.3 Å². The van der Waals surface area contributed by atoms with Crippen LogP contribution in [0.3, 0.4) is 0 Å². The van der Waals surface area contributed by atoms with Crippen LogP contribution in [0, 0.1) is 0 Å². The quantitative estimate of drug-likeness (QED) is 0.507. The molecule has 0 radical (unpaired) electrons. The molecule has 0 atom stereocenters. The number of halogens is 2. The molecule has 3 aromatic rings. The van der Waals surface area contributed by atoms with Gasteiger partial charge in [0.25, 0.3) is 0 Å². The van der Waals surface area contributed by atoms with Gasteiger partial charge >= 0.3 is 6.09 Å². The number of nitrogens with one attached hydrogen (secondary N) is 1. The number of hydrogen-bond acceptors (Lipinski definition) is 7. The maximum absolute atomic E-state index is 12.3. The number of carbonyl (C=O) groups excluding carboxylic acids is 1. The first-order chi connectivity index (χ1) is 15.5. The van der Waals surface area contributed by atoms with Gasteiger partial charge in [-0.25, -0.2) is 4.79 Å². The maximum atomic E-state index is 12.3. The van der Waals surface area contributed by atoms with Crippen LogP contribution >= 0.6 is 34.5 Å². The summed E-state index contributed by atoms with van der Waals surface area (Å²) in [6, 6.07) is 8.64. The van der Waals surface area contributed by atoms with Crippen LogP contribution in [-0.2, 0) is 11.8 Å². The molecule has 4 rings (SSSR count). The van der Waals surface area contributed by atoms with E-state index in [9.17, 15) is 4.79 Å². The number of rotatable bonds is 7. The number of carbonyl (C=O) groups is 1. The van der Waals surface area contributed by atoms with E-state index >= 15 is 0 Å². The second kappa shape index (κ2) is 10.5. The summed E-state index contributed by atoms with van der Waals surface area (Å²) in [5.41, 5.74) is 1.94. The third-order valence-electron chi connectivity index (χ3n) is 4.89. The Morgan fingerprint density at radius 2 is 2.06 bits per heavy atom. The molecule has 8 nitrogen and oxygen atoms in total. The van der Waals surface area contributed by atoms with Gasteiger partial charge in [0.05, 0.1) is 34.5 Å². The summed E-state index contributed by atoms with van der Waals surface area (Å²) in [5, 5.41) is 7.84. The Bertz CT molecular complexity index is 1060. The van der Waals surface area contributed by atoms with Gasteiger partial charge in [-0.15, -0.1) is 0 Å². The van der Waals surface area contributed by atoms with Crippen molar-refractivity contribution in [2.75, 3.05) is 44.8 Å². The van der Waals surface area contributed by atoms with E-state index < -0.39 is 6.09 Å². The first-order valence-electron chi connectivity index (χ1n) is 9.98. The predicted octanol–water partition coefficient (Wildman–Crippen LogP) is 4.78. The molecule has 0 bridgehead atoms. The van der Waals surface area contributed by atoms with Crippen molar-refractivity contribution in [2.24, 2.45) is 7.05 Å². The first-order valence-corrected chi connectivity index (χ1v) is 11.6. The number of aromatic nitrogens is 2. The number of hydrogen-bond donors (Lipinski definition) is 1. The fourth-order valence-corrected chi connectivity index (χ4v) is 4.47. The van der Waals surface area contributed by atoms with Gasteiger partial charge in [-0.3, -0.25) is 14.9 Å². The van der Waals surface area contributed by atoms with Crippen molar-refractivity contribution < 1.29 is 19.0 Å². The molecule has 1 amide bonds. The summed E-state index contributed by atoms with van der Waals surface area (Å²) < 4.78 is 19.0. The smallest absolute Gasteiger partial charge is 0.417 e. The topological polar surface area (TPSA) is 77.9 Å². The van der Waals surface area contributed by atoms with Crippen molar-refractivity contribution in [1.29, 1.82) is 0 Å². The third kappa shape index (κ3) is 5.73. The highest BCUT2D eigenvalue weighted by Gasteiger charge is 2.18. The van der Waals surface area contributed by atoms with E-state index in [1.807, 2.05) is 0 Å². The normalized spacial score (nSPS) is 14.3. The predicted molar refractivity (Wildman–Crippen MR) is 125 cm³/mol. The van der Waals surface area contributed by atoms with Crippen molar-refractivity contribution in [3.63, 3.8) is 0 Å². The molecule has 3 heterocycles. The average molecular weight is 497 g/mol. The van der Waals surface area contributed by atoms with Gasteiger partial charge in [-0.05, 0) is 30.3 Å². The van der Waals surface area contributed by atoms with E-state index in [0.29, 0.717) is 43.7 Å². The van der Waals surface area contributed by atoms with Gasteiger partial charge in [-0.2, -0.15) is 5.10 Å². The molecule has 0 unspecified atom stereocenters. The van der Waals surface area contributed by atoms with Gasteiger partial charge in [0.1, 0.15) is 12.4 Å². The highest BCUT2D eigenvalue weighted by Crippen LogP contribution is 2.37. The summed E-state index contributed by atoms with van der Waals surface area (Å²) >= 11 is 13.5. The van der Waals surface area contributed by atoms with Gasteiger partial charge in [-0.1, -0.05) is 34.5 Å². The van der Waals surface area contributed by atoms with E-state index in [0.717, 1.165) is 32.8 Å². The minimum atomic E-state index is -0.619. The molecule has 1 aliphatic rings. The lowest BCUT2D eigenvalue weighted by atomic mass is 10.1. The molecule has 11 heteroatoms. The minimum Gasteiger partial charge on any atom is -0.492 e. The van der Waals surface area contributed by atoms with E-state index in [4.69, 9.17) is 37.4 Å². The molecule has 1 aromatic carbocycles. The number of nitrogens with zero attached hydrogens (tertiary/aromatic N) is 3. The zero-order valence-corrected chi connectivity index (χ0v) is 19.7. The lowest BCUT2D eigenvalue weighted by Crippen LogP contribution is -2.38. The molecular formula is C21H22Cl2N4O4S. The van der Waals surface area contributed by atoms with Crippen molar-refractivity contribution in [1.82, 2.24) is 14.7 Å². The number of ether oxygens (including phenoxy) is 3. The van der Waals surface area contributed by atoms with E-state index in [2.05, 4.69) is 15.3 Å². The zero-order chi connectivity index (χ0) is 22.5. The van der Waals surface area contributed by atoms with Crippen molar-refractivity contribution in [3.8, 4) is 22.1 Å². The standard InChI is InChI=1S/C21H22Cl2N4O4S/c1-26-20(16(22)13-24-26)15-12-14(25-21(28)31-19-5-4-18(23)32-19)2-3-17(15)30-11-8-27-6-9-29-10-7-27/h2-5,12-13H,6-11H2,1H3,(H,25,28). The largest absolute Gasteiger partial charge is 0.492 e. The molecule has 170 valence electrons. The number of amides is 1. The van der Waals surface area contributed by atoms with Crippen LogP contribution in [-0.4, -0.2) is 60.2 Å². The second-order valence-corrected chi connectivity index (χ2v) is 9.14. The fourth-order valence-electron chi connectivity index (χ4n) is 3.33. The molecule has 32 heavy (non-hydrogen) atoms. The second-order valence-electron chi connectivity index (χ2n) is 7.05. The molecule has 1 saturated heterocycles. The highest BCUT2D eigenvalue weighted by molar-refractivity contribution is 7.17. The summed E-state index contributed by atoms with van der Waals surface area (Å²) in [6.45, 7) is 4.57. The van der Waals surface area contributed by atoms with Crippen LogP contribution in [0.1, 0.15) is 0 Å². The van der Waals surface area contributed by atoms with Gasteiger partial charge in [0.15, 0.2) is 5.06 Å². The van der Waals surface area contributed by atoms with Crippen LogP contribution < -0.4 is 14.8 Å². The van der Waals surface area contributed by atoms with Crippen LogP contribution in [0.25, 0.3) is 11.3 Å². The lowest BCUT2D eigenvalue weighted by Gasteiger charge is -2.26. The van der Waals surface area contributed by atoms with Gasteiger partial charge in [0.2, 0.25) is 0 Å². The molecule has 1 fully saturated rings. The van der Waals surface area contributed by atoms with E-state index in [1.165, 1.54) is 11.3 Å². The van der Waals surface area contributed by atoms with Crippen molar-refractivity contribution in [3.05, 3.63) is 45.9 Å². The summed E-state index contributed by atoms with van der Waals surface area (Å²) in [5.74, 6) is 0.646. The Kier molecular flexibility index (Phi) is 7.54. The third-order valence-corrected chi connectivity index (χ3v) is 6.27. The number of anilines is 1. The van der Waals surface area contributed by atoms with Crippen molar-refractivity contribution >= 4 is 46.3 Å². The van der Waals surface area contributed by atoms with Crippen LogP contribution in [0.15, 0.2) is 36.5 Å². The molecule has 0 saturated carbocycles. The first kappa shape index (κ1) is 22.9. The molecule has 1 aliphatic heterocycles. The lowest BCUT2D eigenvalue weighted by molar-refractivity contribution is 0.0323. The Hall–Kier alpha value is -2.30. The molecule has 0 spiro atoms. The number of morpholine rings is 1. The van der Waals surface area contributed by atoms with E-state index in [-0.39, 0.29) is 0 Å². The summed E-state index contributed by atoms with van der Waals surface area (Å²) in [7, 11) is 1.80. The maximum Gasteiger partial charge on any atom is 0.417 e. The van der Waals surface area contributed by atoms with Crippen LogP contribution in [0.2, 0.25) is 9.36 Å². The Balaban J connectivity index is 1.50. The Morgan fingerprint density at radius 1 is 1.25 bits per heavy atom. The van der Waals surface area contributed by atoms with Crippen LogP contribution in [0.4, 0.5) is 10.5 Å². The molecule has 0 aliphatic carbocycles. The summed E-state index contributed by atoms with van der Waals surface area (Å²) in [6.07, 6.45) is 0.954. The van der Waals surface area contributed by atoms with Crippen LogP contribution in [0.5, 0.6) is 10.8 Å². The average Bonchev–Trinajstić information content (AvgIpc) is 3.33. The molecular weight excluding hydrogens is 475 g/mol. The van der Waals surface area contributed by atoms with Crippen molar-refractivity contribution in [2.45, 2.75) is 0 Å². The Labute approximate surface area is 199 Å². The number of aryl methyl sites for hydroxylation is 1. The highest BCUT2D eigenvalue weighted by atomic mass is 35.5. The number of thiophene rings is 1. The minimum absolute atomic E-state index is 0.408. The van der Waals surface area contributed by atoms with Gasteiger partial charge in [0, 0.05) is 37.9 Å². The monoisotopic (exact) mass is 496 g/mol. The van der Waals surface area contributed by atoms with Gasteiger partial charge < -0.3 is 14.2 Å². The Morgan fingerprint density at radius 3 is 2.75 bits per heavy atom. The molecule has 1 N–H and O–H groups in total.